The molecule has 0 aliphatic carbocycles. The van der Waals surface area contributed by atoms with Crippen LogP contribution in [0.4, 0.5) is 11.4 Å². The summed E-state index contributed by atoms with van der Waals surface area (Å²) in [6, 6.07) is 23.8. The van der Waals surface area contributed by atoms with Crippen LogP contribution >= 0.6 is 23.5 Å². The number of para-hydroxylation sites is 2. The zero-order valence-corrected chi connectivity index (χ0v) is 20.5. The van der Waals surface area contributed by atoms with Gasteiger partial charge in [-0.15, -0.1) is 0 Å². The molecule has 2 aliphatic heterocycles. The van der Waals surface area contributed by atoms with Crippen molar-refractivity contribution in [2.75, 3.05) is 11.9 Å². The molecule has 0 bridgehead atoms. The maximum atomic E-state index is 13.7. The fourth-order valence-corrected chi connectivity index (χ4v) is 6.73. The average Bonchev–Trinajstić information content (AvgIpc) is 3.31. The summed E-state index contributed by atoms with van der Waals surface area (Å²) in [7, 11) is -2.05. The molecule has 3 aromatic rings. The Morgan fingerprint density at radius 3 is 2.32 bits per heavy atom. The minimum Gasteiger partial charge on any atom is -0.337 e. The number of amidine groups is 1. The summed E-state index contributed by atoms with van der Waals surface area (Å²) < 4.78 is 24.2. The Morgan fingerprint density at radius 1 is 0.912 bits per heavy atom. The van der Waals surface area contributed by atoms with Gasteiger partial charge in [0.15, 0.2) is 5.17 Å². The number of carbonyl (C=O) groups excluding carboxylic acids is 1. The number of anilines is 1. The van der Waals surface area contributed by atoms with Crippen LogP contribution in [0.25, 0.3) is 0 Å². The number of hydrogen-bond donors (Lipinski definition) is 1. The van der Waals surface area contributed by atoms with Gasteiger partial charge in [-0.2, -0.15) is 0 Å². The van der Waals surface area contributed by atoms with Crippen LogP contribution in [0, 0.1) is 0 Å². The summed E-state index contributed by atoms with van der Waals surface area (Å²) in [5.74, 6) is -0.178. The molecule has 3 aromatic carbocycles. The SMILES string of the molecule is CN1C(=C2SC(=Nc3ccccc3S(N)(=O)=O)N(Cc3ccccc3)C2=O)Sc2ccccc21. The van der Waals surface area contributed by atoms with Crippen LogP contribution in [0.15, 0.2) is 104 Å². The number of thioether (sulfide) groups is 2. The molecule has 2 aliphatic rings. The molecule has 0 radical (unpaired) electrons. The van der Waals surface area contributed by atoms with E-state index in [4.69, 9.17) is 5.14 Å². The number of amides is 1. The quantitative estimate of drug-likeness (QED) is 0.521. The Kier molecular flexibility index (Phi) is 5.98. The third-order valence-electron chi connectivity index (χ3n) is 5.37. The highest BCUT2D eigenvalue weighted by Gasteiger charge is 2.39. The standard InChI is InChI=1S/C24H20N4O3S3/c1-27-18-12-6-7-13-19(18)32-23(27)21-22(29)28(15-16-9-3-2-4-10-16)24(33-21)26-17-11-5-8-14-20(17)34(25,30)31/h2-14H,15H2,1H3,(H2,25,30,31). The van der Waals surface area contributed by atoms with E-state index in [-0.39, 0.29) is 16.5 Å². The molecule has 1 fully saturated rings. The smallest absolute Gasteiger partial charge is 0.269 e. The number of hydrogen-bond acceptors (Lipinski definition) is 7. The van der Waals surface area contributed by atoms with Crippen molar-refractivity contribution in [2.24, 2.45) is 10.1 Å². The monoisotopic (exact) mass is 508 g/mol. The molecule has 0 atom stereocenters. The lowest BCUT2D eigenvalue weighted by Crippen LogP contribution is -2.29. The molecule has 0 aromatic heterocycles. The number of fused-ring (bicyclic) bond motifs is 1. The first kappa shape index (κ1) is 22.7. The van der Waals surface area contributed by atoms with E-state index in [9.17, 15) is 13.2 Å². The molecular formula is C24H20N4O3S3. The van der Waals surface area contributed by atoms with Gasteiger partial charge in [0.25, 0.3) is 5.91 Å². The van der Waals surface area contributed by atoms with Gasteiger partial charge in [-0.1, -0.05) is 66.4 Å². The summed E-state index contributed by atoms with van der Waals surface area (Å²) in [6.45, 7) is 0.307. The lowest BCUT2D eigenvalue weighted by Gasteiger charge is -2.17. The van der Waals surface area contributed by atoms with E-state index in [0.29, 0.717) is 16.6 Å². The molecule has 1 saturated heterocycles. The normalized spacial score (nSPS) is 19.2. The number of carbonyl (C=O) groups is 1. The average molecular weight is 509 g/mol. The van der Waals surface area contributed by atoms with E-state index in [0.717, 1.165) is 21.2 Å². The Labute approximate surface area is 206 Å². The van der Waals surface area contributed by atoms with Gasteiger partial charge in [-0.3, -0.25) is 9.69 Å². The van der Waals surface area contributed by atoms with Crippen molar-refractivity contribution in [1.82, 2.24) is 4.90 Å². The second kappa shape index (κ2) is 8.95. The summed E-state index contributed by atoms with van der Waals surface area (Å²) in [5.41, 5.74) is 2.16. The number of primary sulfonamides is 1. The van der Waals surface area contributed by atoms with Crippen LogP contribution in [0.1, 0.15) is 5.56 Å². The number of sulfonamides is 1. The maximum absolute atomic E-state index is 13.7. The minimum absolute atomic E-state index is 0.0870. The van der Waals surface area contributed by atoms with Gasteiger partial charge in [0.05, 0.1) is 22.9 Å². The Morgan fingerprint density at radius 2 is 1.59 bits per heavy atom. The predicted octanol–water partition coefficient (Wildman–Crippen LogP) is 4.51. The van der Waals surface area contributed by atoms with Crippen LogP contribution in [-0.2, 0) is 21.4 Å². The molecule has 1 amide bonds. The fourth-order valence-electron chi connectivity index (χ4n) is 3.72. The second-order valence-electron chi connectivity index (χ2n) is 7.65. The molecular weight excluding hydrogens is 488 g/mol. The number of rotatable bonds is 4. The topological polar surface area (TPSA) is 96.1 Å². The fraction of sp³-hybridized carbons (Fsp3) is 0.0833. The lowest BCUT2D eigenvalue weighted by molar-refractivity contribution is -0.122. The molecule has 0 saturated carbocycles. The van der Waals surface area contributed by atoms with E-state index in [1.54, 1.807) is 23.1 Å². The molecule has 5 rings (SSSR count). The number of benzene rings is 3. The Bertz CT molecular complexity index is 1450. The van der Waals surface area contributed by atoms with Gasteiger partial charge in [-0.05, 0) is 41.6 Å². The van der Waals surface area contributed by atoms with Crippen molar-refractivity contribution in [2.45, 2.75) is 16.3 Å². The highest BCUT2D eigenvalue weighted by Crippen LogP contribution is 2.50. The summed E-state index contributed by atoms with van der Waals surface area (Å²) in [5, 5.41) is 6.63. The van der Waals surface area contributed by atoms with Crippen molar-refractivity contribution in [3.63, 3.8) is 0 Å². The number of nitrogens with two attached hydrogens (primary N) is 1. The van der Waals surface area contributed by atoms with Crippen molar-refractivity contribution in [3.05, 3.63) is 94.4 Å². The van der Waals surface area contributed by atoms with E-state index >= 15 is 0 Å². The largest absolute Gasteiger partial charge is 0.337 e. The first-order valence-corrected chi connectivity index (χ1v) is 13.5. The van der Waals surface area contributed by atoms with Gasteiger partial charge in [-0.25, -0.2) is 18.5 Å². The summed E-state index contributed by atoms with van der Waals surface area (Å²) in [4.78, 5) is 23.4. The van der Waals surface area contributed by atoms with Crippen molar-refractivity contribution >= 4 is 56.0 Å². The van der Waals surface area contributed by atoms with E-state index < -0.39 is 10.0 Å². The van der Waals surface area contributed by atoms with E-state index in [1.807, 2.05) is 66.5 Å². The van der Waals surface area contributed by atoms with Crippen LogP contribution in [-0.4, -0.2) is 31.4 Å². The van der Waals surface area contributed by atoms with E-state index in [1.165, 1.54) is 29.6 Å². The molecule has 0 unspecified atom stereocenters. The highest BCUT2D eigenvalue weighted by molar-refractivity contribution is 8.19. The van der Waals surface area contributed by atoms with Gasteiger partial charge in [0.1, 0.15) is 9.80 Å². The molecule has 172 valence electrons. The van der Waals surface area contributed by atoms with Crippen molar-refractivity contribution < 1.29 is 13.2 Å². The van der Waals surface area contributed by atoms with Gasteiger partial charge in [0, 0.05) is 11.9 Å². The first-order chi connectivity index (χ1) is 16.3. The second-order valence-corrected chi connectivity index (χ2v) is 11.2. The zero-order chi connectivity index (χ0) is 23.9. The molecule has 7 nitrogen and oxygen atoms in total. The Hall–Kier alpha value is -3.05. The molecule has 10 heteroatoms. The predicted molar refractivity (Wildman–Crippen MR) is 137 cm³/mol. The van der Waals surface area contributed by atoms with Crippen LogP contribution in [0.5, 0.6) is 0 Å². The third-order valence-corrected chi connectivity index (χ3v) is 8.76. The Balaban J connectivity index is 1.61. The molecule has 2 heterocycles. The highest BCUT2D eigenvalue weighted by atomic mass is 32.2. The van der Waals surface area contributed by atoms with Crippen LogP contribution in [0.3, 0.4) is 0 Å². The molecule has 2 N–H and O–H groups in total. The molecule has 0 spiro atoms. The van der Waals surface area contributed by atoms with Gasteiger partial charge < -0.3 is 4.90 Å². The van der Waals surface area contributed by atoms with Crippen molar-refractivity contribution in [3.8, 4) is 0 Å². The van der Waals surface area contributed by atoms with Crippen molar-refractivity contribution in [1.29, 1.82) is 0 Å². The summed E-state index contributed by atoms with van der Waals surface area (Å²) >= 11 is 2.78. The molecule has 34 heavy (non-hydrogen) atoms. The third kappa shape index (κ3) is 4.25. The van der Waals surface area contributed by atoms with Crippen LogP contribution in [0.2, 0.25) is 0 Å². The lowest BCUT2D eigenvalue weighted by atomic mass is 10.2. The minimum atomic E-state index is -3.98. The van der Waals surface area contributed by atoms with Gasteiger partial charge in [0.2, 0.25) is 10.0 Å². The number of aliphatic imine (C=N–C) groups is 1. The zero-order valence-electron chi connectivity index (χ0n) is 18.1. The van der Waals surface area contributed by atoms with E-state index in [2.05, 4.69) is 4.99 Å². The van der Waals surface area contributed by atoms with Gasteiger partial charge >= 0.3 is 0 Å². The first-order valence-electron chi connectivity index (χ1n) is 10.3. The van der Waals surface area contributed by atoms with Crippen LogP contribution < -0.4 is 10.0 Å². The maximum Gasteiger partial charge on any atom is 0.269 e. The summed E-state index contributed by atoms with van der Waals surface area (Å²) in [6.07, 6.45) is 0. The number of nitrogens with zero attached hydrogens (tertiary/aromatic N) is 3.